The Morgan fingerprint density at radius 2 is 1.45 bits per heavy atom. The summed E-state index contributed by atoms with van der Waals surface area (Å²) in [6.07, 6.45) is 1.60. The zero-order valence-electron chi connectivity index (χ0n) is 12.1. The van der Waals surface area contributed by atoms with E-state index in [9.17, 15) is 9.59 Å². The van der Waals surface area contributed by atoms with Crippen molar-refractivity contribution < 1.29 is 9.59 Å². The second-order valence-electron chi connectivity index (χ2n) is 5.10. The lowest BCUT2D eigenvalue weighted by Crippen LogP contribution is -2.23. The highest BCUT2D eigenvalue weighted by Crippen LogP contribution is 2.27. The van der Waals surface area contributed by atoms with Crippen molar-refractivity contribution >= 4 is 23.5 Å². The molecule has 0 fully saturated rings. The van der Waals surface area contributed by atoms with Crippen molar-refractivity contribution in [1.82, 2.24) is 0 Å². The first-order valence-corrected chi connectivity index (χ1v) is 6.98. The summed E-state index contributed by atoms with van der Waals surface area (Å²) in [6.45, 7) is 1.66. The van der Waals surface area contributed by atoms with E-state index in [1.165, 1.54) is 0 Å². The van der Waals surface area contributed by atoms with E-state index >= 15 is 0 Å². The Bertz CT molecular complexity index is 757. The first kappa shape index (κ1) is 14.1. The minimum atomic E-state index is -0.842. The molecule has 1 aliphatic carbocycles. The minimum Gasteiger partial charge on any atom is -0.293 e. The first-order valence-electron chi connectivity index (χ1n) is 6.98. The number of carbonyl (C=O) groups is 2. The fraction of sp³-hybridized carbons (Fsp3) is 0.111. The molecule has 0 amide bonds. The van der Waals surface area contributed by atoms with E-state index in [0.717, 1.165) is 5.56 Å². The van der Waals surface area contributed by atoms with E-state index in [-0.39, 0.29) is 11.6 Å². The van der Waals surface area contributed by atoms with Crippen molar-refractivity contribution in [3.63, 3.8) is 0 Å². The topological polar surface area (TPSA) is 58.9 Å². The summed E-state index contributed by atoms with van der Waals surface area (Å²) in [7, 11) is 0. The lowest BCUT2D eigenvalue weighted by Gasteiger charge is -2.03. The third kappa shape index (κ3) is 2.51. The van der Waals surface area contributed by atoms with Crippen molar-refractivity contribution in [2.24, 2.45) is 16.1 Å². The molecule has 22 heavy (non-hydrogen) atoms. The van der Waals surface area contributed by atoms with Crippen LogP contribution in [0.1, 0.15) is 33.2 Å². The zero-order chi connectivity index (χ0) is 15.5. The molecule has 0 atom stereocenters. The number of carbonyl (C=O) groups excluding carboxylic acids is 2. The molecule has 2 aromatic carbocycles. The molecule has 3 rings (SSSR count). The van der Waals surface area contributed by atoms with Crippen LogP contribution in [0.4, 0.5) is 0 Å². The van der Waals surface area contributed by atoms with Crippen LogP contribution in [0.2, 0.25) is 0 Å². The van der Waals surface area contributed by atoms with Crippen LogP contribution in [-0.2, 0) is 0 Å². The van der Waals surface area contributed by atoms with Gasteiger partial charge < -0.3 is 0 Å². The quantitative estimate of drug-likeness (QED) is 0.495. The van der Waals surface area contributed by atoms with E-state index in [1.807, 2.05) is 30.3 Å². The van der Waals surface area contributed by atoms with Crippen molar-refractivity contribution in [2.75, 3.05) is 0 Å². The van der Waals surface area contributed by atoms with Crippen molar-refractivity contribution in [3.05, 3.63) is 71.3 Å². The summed E-state index contributed by atoms with van der Waals surface area (Å²) in [4.78, 5) is 24.7. The lowest BCUT2D eigenvalue weighted by atomic mass is 9.99. The van der Waals surface area contributed by atoms with Gasteiger partial charge in [0.2, 0.25) is 0 Å². The third-order valence-corrected chi connectivity index (χ3v) is 3.62. The fourth-order valence-electron chi connectivity index (χ4n) is 2.51. The fourth-order valence-corrected chi connectivity index (χ4v) is 2.51. The highest BCUT2D eigenvalue weighted by molar-refractivity contribution is 6.36. The maximum absolute atomic E-state index is 12.3. The van der Waals surface area contributed by atoms with Gasteiger partial charge in [-0.2, -0.15) is 10.2 Å². The van der Waals surface area contributed by atoms with Crippen molar-refractivity contribution in [3.8, 4) is 0 Å². The predicted octanol–water partition coefficient (Wildman–Crippen LogP) is 3.18. The largest absolute Gasteiger partial charge is 0.293 e. The molecule has 1 aliphatic rings. The molecule has 0 spiro atoms. The smallest absolute Gasteiger partial charge is 0.180 e. The average Bonchev–Trinajstić information content (AvgIpc) is 2.80. The van der Waals surface area contributed by atoms with E-state index in [2.05, 4.69) is 10.2 Å². The maximum atomic E-state index is 12.3. The van der Waals surface area contributed by atoms with Gasteiger partial charge in [-0.1, -0.05) is 54.6 Å². The highest BCUT2D eigenvalue weighted by Gasteiger charge is 2.40. The molecular weight excluding hydrogens is 276 g/mol. The Hall–Kier alpha value is -2.88. The predicted molar refractivity (Wildman–Crippen MR) is 85.7 cm³/mol. The van der Waals surface area contributed by atoms with Crippen LogP contribution >= 0.6 is 0 Å². The summed E-state index contributed by atoms with van der Waals surface area (Å²) < 4.78 is 0. The van der Waals surface area contributed by atoms with Crippen LogP contribution in [0.15, 0.2) is 64.8 Å². The normalized spacial score (nSPS) is 15.6. The first-order chi connectivity index (χ1) is 10.7. The number of nitrogens with zero attached hydrogens (tertiary/aromatic N) is 2. The van der Waals surface area contributed by atoms with Crippen LogP contribution in [0.5, 0.6) is 0 Å². The van der Waals surface area contributed by atoms with Crippen molar-refractivity contribution in [2.45, 2.75) is 6.92 Å². The number of rotatable bonds is 3. The standard InChI is InChI=1S/C18H14N2O2/c1-12(20-19-11-13-7-3-2-4-8-13)16-17(21)14-9-5-6-10-15(14)18(16)22/h2-11,16H,1H3/b19-11-,20-12-. The molecule has 0 aliphatic heterocycles. The molecule has 0 aromatic heterocycles. The number of fused-ring (bicyclic) bond motifs is 1. The van der Waals surface area contributed by atoms with Gasteiger partial charge in [-0.25, -0.2) is 0 Å². The Labute approximate surface area is 128 Å². The second kappa shape index (κ2) is 5.85. The van der Waals surface area contributed by atoms with E-state index < -0.39 is 5.92 Å². The third-order valence-electron chi connectivity index (χ3n) is 3.62. The molecule has 0 saturated heterocycles. The van der Waals surface area contributed by atoms with Crippen LogP contribution in [0, 0.1) is 5.92 Å². The Morgan fingerprint density at radius 3 is 2.05 bits per heavy atom. The van der Waals surface area contributed by atoms with Gasteiger partial charge in [-0.3, -0.25) is 9.59 Å². The number of hydrogen-bond acceptors (Lipinski definition) is 4. The SMILES string of the molecule is C/C(=N/N=C\c1ccccc1)C1C(=O)c2ccccc2C1=O. The summed E-state index contributed by atoms with van der Waals surface area (Å²) >= 11 is 0. The van der Waals surface area contributed by atoms with Crippen LogP contribution in [0.3, 0.4) is 0 Å². The van der Waals surface area contributed by atoms with E-state index in [4.69, 9.17) is 0 Å². The molecule has 0 radical (unpaired) electrons. The van der Waals surface area contributed by atoms with Crippen LogP contribution in [-0.4, -0.2) is 23.5 Å². The lowest BCUT2D eigenvalue weighted by molar-refractivity contribution is 0.0883. The summed E-state index contributed by atoms with van der Waals surface area (Å²) in [6, 6.07) is 16.4. The Balaban J connectivity index is 1.83. The Kier molecular flexibility index (Phi) is 3.74. The maximum Gasteiger partial charge on any atom is 0.180 e. The highest BCUT2D eigenvalue weighted by atomic mass is 16.2. The van der Waals surface area contributed by atoms with Crippen LogP contribution < -0.4 is 0 Å². The van der Waals surface area contributed by atoms with Crippen molar-refractivity contribution in [1.29, 1.82) is 0 Å². The molecule has 2 aromatic rings. The number of ketones is 2. The second-order valence-corrected chi connectivity index (χ2v) is 5.10. The van der Waals surface area contributed by atoms with Gasteiger partial charge in [0.15, 0.2) is 11.6 Å². The van der Waals surface area contributed by atoms with Gasteiger partial charge in [-0.05, 0) is 12.5 Å². The van der Waals surface area contributed by atoms with E-state index in [0.29, 0.717) is 16.8 Å². The molecule has 0 unspecified atom stereocenters. The van der Waals surface area contributed by atoms with Gasteiger partial charge in [0.1, 0.15) is 5.92 Å². The minimum absolute atomic E-state index is 0.197. The van der Waals surface area contributed by atoms with Gasteiger partial charge in [0.25, 0.3) is 0 Å². The van der Waals surface area contributed by atoms with Gasteiger partial charge in [0.05, 0.1) is 11.9 Å². The van der Waals surface area contributed by atoms with Gasteiger partial charge >= 0.3 is 0 Å². The summed E-state index contributed by atoms with van der Waals surface area (Å²) in [5, 5.41) is 8.01. The summed E-state index contributed by atoms with van der Waals surface area (Å²) in [5.74, 6) is -1.24. The van der Waals surface area contributed by atoms with Gasteiger partial charge in [-0.15, -0.1) is 0 Å². The monoisotopic (exact) mass is 290 g/mol. The summed E-state index contributed by atoms with van der Waals surface area (Å²) in [5.41, 5.74) is 2.27. The molecule has 0 saturated carbocycles. The number of benzene rings is 2. The molecule has 0 bridgehead atoms. The molecule has 108 valence electrons. The van der Waals surface area contributed by atoms with E-state index in [1.54, 1.807) is 37.4 Å². The van der Waals surface area contributed by atoms with Crippen LogP contribution in [0.25, 0.3) is 0 Å². The number of Topliss-reactive ketones (excluding diaryl/α,β-unsaturated/α-hetero) is 2. The molecule has 4 nitrogen and oxygen atoms in total. The molecular formula is C18H14N2O2. The van der Waals surface area contributed by atoms with Gasteiger partial charge in [0, 0.05) is 11.1 Å². The number of hydrogen-bond donors (Lipinski definition) is 0. The zero-order valence-corrected chi connectivity index (χ0v) is 12.1. The Morgan fingerprint density at radius 1 is 0.909 bits per heavy atom. The average molecular weight is 290 g/mol. The molecule has 0 heterocycles. The molecule has 0 N–H and O–H groups in total. The molecule has 4 heteroatoms.